The van der Waals surface area contributed by atoms with Gasteiger partial charge < -0.3 is 15.2 Å². The number of nitrogens with one attached hydrogen (secondary N) is 1. The van der Waals surface area contributed by atoms with E-state index in [2.05, 4.69) is 5.32 Å². The van der Waals surface area contributed by atoms with E-state index in [1.54, 1.807) is 12.1 Å². The van der Waals surface area contributed by atoms with Gasteiger partial charge in [0.1, 0.15) is 5.75 Å². The van der Waals surface area contributed by atoms with Crippen LogP contribution in [0.2, 0.25) is 0 Å². The van der Waals surface area contributed by atoms with Gasteiger partial charge in [-0.25, -0.2) is 0 Å². The standard InChI is InChI=1S/C18H25NO4/c20-17(21)11-2-1-5-12-19-18(22)14-7-6-10-16(13-14)23-15-8-3-4-9-15/h6-7,10,13,15H,1-5,8-9,11-12H2,(H,19,22)(H,20,21). The molecular weight excluding hydrogens is 294 g/mol. The van der Waals surface area contributed by atoms with E-state index in [0.717, 1.165) is 31.4 Å². The van der Waals surface area contributed by atoms with Crippen LogP contribution in [-0.4, -0.2) is 29.6 Å². The molecule has 1 amide bonds. The van der Waals surface area contributed by atoms with Crippen molar-refractivity contribution in [2.24, 2.45) is 0 Å². The lowest BCUT2D eigenvalue weighted by Crippen LogP contribution is -2.24. The van der Waals surface area contributed by atoms with Crippen LogP contribution in [-0.2, 0) is 4.79 Å². The monoisotopic (exact) mass is 319 g/mol. The number of carboxylic acid groups (broad SMARTS) is 1. The number of benzene rings is 1. The number of aliphatic carboxylic acids is 1. The number of carboxylic acids is 1. The lowest BCUT2D eigenvalue weighted by Gasteiger charge is -2.13. The summed E-state index contributed by atoms with van der Waals surface area (Å²) in [6, 6.07) is 7.30. The van der Waals surface area contributed by atoms with Crippen molar-refractivity contribution in [1.82, 2.24) is 5.32 Å². The zero-order valence-corrected chi connectivity index (χ0v) is 13.4. The Bertz CT molecular complexity index is 524. The number of carbonyl (C=O) groups is 2. The average molecular weight is 319 g/mol. The zero-order chi connectivity index (χ0) is 16.5. The first-order valence-electron chi connectivity index (χ1n) is 8.42. The first-order chi connectivity index (χ1) is 11.1. The van der Waals surface area contributed by atoms with Gasteiger partial charge >= 0.3 is 5.97 Å². The van der Waals surface area contributed by atoms with Crippen molar-refractivity contribution >= 4 is 11.9 Å². The molecule has 0 heterocycles. The number of hydrogen-bond acceptors (Lipinski definition) is 3. The topological polar surface area (TPSA) is 75.6 Å². The molecule has 2 N–H and O–H groups in total. The Morgan fingerprint density at radius 1 is 1.17 bits per heavy atom. The highest BCUT2D eigenvalue weighted by atomic mass is 16.5. The fraction of sp³-hybridized carbons (Fsp3) is 0.556. The van der Waals surface area contributed by atoms with E-state index in [1.165, 1.54) is 12.8 Å². The highest BCUT2D eigenvalue weighted by molar-refractivity contribution is 5.94. The van der Waals surface area contributed by atoms with Crippen LogP contribution in [0.4, 0.5) is 0 Å². The molecule has 0 aromatic heterocycles. The minimum Gasteiger partial charge on any atom is -0.490 e. The molecule has 1 aromatic rings. The van der Waals surface area contributed by atoms with Crippen LogP contribution in [0.15, 0.2) is 24.3 Å². The summed E-state index contributed by atoms with van der Waals surface area (Å²) in [7, 11) is 0. The fourth-order valence-electron chi connectivity index (χ4n) is 2.79. The summed E-state index contributed by atoms with van der Waals surface area (Å²) >= 11 is 0. The third-order valence-electron chi connectivity index (χ3n) is 4.05. The first kappa shape index (κ1) is 17.3. The molecule has 0 spiro atoms. The van der Waals surface area contributed by atoms with Gasteiger partial charge in [-0.05, 0) is 56.7 Å². The maximum atomic E-state index is 12.1. The van der Waals surface area contributed by atoms with Gasteiger partial charge in [-0.1, -0.05) is 12.5 Å². The quantitative estimate of drug-likeness (QED) is 0.684. The smallest absolute Gasteiger partial charge is 0.303 e. The van der Waals surface area contributed by atoms with Crippen LogP contribution >= 0.6 is 0 Å². The molecule has 1 fully saturated rings. The van der Waals surface area contributed by atoms with Gasteiger partial charge in [0.05, 0.1) is 6.10 Å². The molecule has 5 nitrogen and oxygen atoms in total. The lowest BCUT2D eigenvalue weighted by atomic mass is 10.1. The van der Waals surface area contributed by atoms with Gasteiger partial charge in [0, 0.05) is 18.5 Å². The summed E-state index contributed by atoms with van der Waals surface area (Å²) in [4.78, 5) is 22.5. The molecule has 0 saturated heterocycles. The molecule has 0 radical (unpaired) electrons. The molecule has 5 heteroatoms. The van der Waals surface area contributed by atoms with E-state index >= 15 is 0 Å². The number of ether oxygens (including phenoxy) is 1. The van der Waals surface area contributed by atoms with E-state index in [-0.39, 0.29) is 18.4 Å². The highest BCUT2D eigenvalue weighted by Gasteiger charge is 2.17. The first-order valence-corrected chi connectivity index (χ1v) is 8.42. The molecule has 1 aliphatic carbocycles. The SMILES string of the molecule is O=C(O)CCCCCNC(=O)c1cccc(OC2CCCC2)c1. The second-order valence-electron chi connectivity index (χ2n) is 6.01. The van der Waals surface area contributed by atoms with Crippen LogP contribution in [0.5, 0.6) is 5.75 Å². The van der Waals surface area contributed by atoms with E-state index < -0.39 is 5.97 Å². The minimum absolute atomic E-state index is 0.111. The summed E-state index contributed by atoms with van der Waals surface area (Å²) < 4.78 is 5.91. The van der Waals surface area contributed by atoms with Crippen molar-refractivity contribution in [3.63, 3.8) is 0 Å². The number of hydrogen-bond donors (Lipinski definition) is 2. The molecular formula is C18H25NO4. The van der Waals surface area contributed by atoms with E-state index in [4.69, 9.17) is 9.84 Å². The Morgan fingerprint density at radius 3 is 2.70 bits per heavy atom. The Hall–Kier alpha value is -2.04. The van der Waals surface area contributed by atoms with Gasteiger partial charge in [0.2, 0.25) is 0 Å². The van der Waals surface area contributed by atoms with Crippen LogP contribution in [0, 0.1) is 0 Å². The third-order valence-corrected chi connectivity index (χ3v) is 4.05. The van der Waals surface area contributed by atoms with Crippen molar-refractivity contribution in [3.8, 4) is 5.75 Å². The molecule has 1 aliphatic rings. The molecule has 126 valence electrons. The third kappa shape index (κ3) is 6.30. The number of rotatable bonds is 9. The number of unbranched alkanes of at least 4 members (excludes halogenated alkanes) is 2. The Balaban J connectivity index is 1.72. The van der Waals surface area contributed by atoms with E-state index in [9.17, 15) is 9.59 Å². The van der Waals surface area contributed by atoms with Crippen molar-refractivity contribution in [2.75, 3.05) is 6.54 Å². The zero-order valence-electron chi connectivity index (χ0n) is 13.4. The molecule has 23 heavy (non-hydrogen) atoms. The van der Waals surface area contributed by atoms with Crippen LogP contribution in [0.1, 0.15) is 61.7 Å². The Kier molecular flexibility index (Phi) is 6.91. The van der Waals surface area contributed by atoms with Crippen LogP contribution in [0.25, 0.3) is 0 Å². The summed E-state index contributed by atoms with van der Waals surface area (Å²) in [5.74, 6) is -0.126. The van der Waals surface area contributed by atoms with Gasteiger partial charge in [-0.3, -0.25) is 9.59 Å². The van der Waals surface area contributed by atoms with Crippen molar-refractivity contribution in [1.29, 1.82) is 0 Å². The number of carbonyl (C=O) groups excluding carboxylic acids is 1. The summed E-state index contributed by atoms with van der Waals surface area (Å²) in [5.41, 5.74) is 0.603. The lowest BCUT2D eigenvalue weighted by molar-refractivity contribution is -0.137. The molecule has 2 rings (SSSR count). The summed E-state index contributed by atoms with van der Waals surface area (Å²) in [5, 5.41) is 11.4. The molecule has 1 saturated carbocycles. The maximum absolute atomic E-state index is 12.1. The van der Waals surface area contributed by atoms with Gasteiger partial charge in [0.25, 0.3) is 5.91 Å². The molecule has 0 atom stereocenters. The van der Waals surface area contributed by atoms with Crippen LogP contribution < -0.4 is 10.1 Å². The second-order valence-corrected chi connectivity index (χ2v) is 6.01. The molecule has 0 aliphatic heterocycles. The van der Waals surface area contributed by atoms with Crippen molar-refractivity contribution in [3.05, 3.63) is 29.8 Å². The van der Waals surface area contributed by atoms with Crippen molar-refractivity contribution in [2.45, 2.75) is 57.5 Å². The van der Waals surface area contributed by atoms with Crippen molar-refractivity contribution < 1.29 is 19.4 Å². The normalized spacial score (nSPS) is 14.6. The fourth-order valence-corrected chi connectivity index (χ4v) is 2.79. The summed E-state index contributed by atoms with van der Waals surface area (Å²) in [6.45, 7) is 0.562. The Morgan fingerprint density at radius 2 is 1.96 bits per heavy atom. The van der Waals surface area contributed by atoms with E-state index in [1.807, 2.05) is 12.1 Å². The van der Waals surface area contributed by atoms with Gasteiger partial charge in [0.15, 0.2) is 0 Å². The van der Waals surface area contributed by atoms with Crippen LogP contribution in [0.3, 0.4) is 0 Å². The predicted molar refractivity (Wildman–Crippen MR) is 87.8 cm³/mol. The average Bonchev–Trinajstić information content (AvgIpc) is 3.03. The second kappa shape index (κ2) is 9.18. The largest absolute Gasteiger partial charge is 0.490 e. The van der Waals surface area contributed by atoms with E-state index in [0.29, 0.717) is 18.5 Å². The van der Waals surface area contributed by atoms with Gasteiger partial charge in [-0.15, -0.1) is 0 Å². The van der Waals surface area contributed by atoms with Gasteiger partial charge in [-0.2, -0.15) is 0 Å². The summed E-state index contributed by atoms with van der Waals surface area (Å²) in [6.07, 6.45) is 7.32. The molecule has 1 aromatic carbocycles. The minimum atomic E-state index is -0.770. The number of amides is 1. The molecule has 0 bridgehead atoms. The Labute approximate surface area is 137 Å². The predicted octanol–water partition coefficient (Wildman–Crippen LogP) is 3.38. The highest BCUT2D eigenvalue weighted by Crippen LogP contribution is 2.24. The molecule has 0 unspecified atom stereocenters. The maximum Gasteiger partial charge on any atom is 0.303 e.